The van der Waals surface area contributed by atoms with Crippen LogP contribution in [0.1, 0.15) is 69.6 Å². The van der Waals surface area contributed by atoms with Crippen LogP contribution in [-0.4, -0.2) is 9.97 Å². The third kappa shape index (κ3) is 2.04. The van der Waals surface area contributed by atoms with Crippen LogP contribution < -0.4 is 5.73 Å². The third-order valence-electron chi connectivity index (χ3n) is 6.22. The molecule has 0 aliphatic heterocycles. The van der Waals surface area contributed by atoms with Gasteiger partial charge in [-0.15, -0.1) is 0 Å². The fourth-order valence-electron chi connectivity index (χ4n) is 6.67. The van der Waals surface area contributed by atoms with Gasteiger partial charge in [0, 0.05) is 17.7 Å². The van der Waals surface area contributed by atoms with Gasteiger partial charge in [-0.25, -0.2) is 9.97 Å². The Kier molecular flexibility index (Phi) is 2.65. The standard InChI is InChI=1S/C18H27N3/c1-12-4-14(8-19)21-15(20-12)18-7-13-5-16(2,10-18)9-17(3,6-13)11-18/h4,13H,5-11,19H2,1-3H3. The van der Waals surface area contributed by atoms with Gasteiger partial charge in [0.25, 0.3) is 0 Å². The second-order valence-corrected chi connectivity index (χ2v) is 8.94. The van der Waals surface area contributed by atoms with Gasteiger partial charge in [0.05, 0.1) is 5.69 Å². The molecule has 1 aromatic heterocycles. The van der Waals surface area contributed by atoms with Crippen molar-refractivity contribution in [3.05, 3.63) is 23.3 Å². The second-order valence-electron chi connectivity index (χ2n) is 8.94. The summed E-state index contributed by atoms with van der Waals surface area (Å²) in [5.41, 5.74) is 9.15. The van der Waals surface area contributed by atoms with E-state index in [1.54, 1.807) is 0 Å². The summed E-state index contributed by atoms with van der Waals surface area (Å²) in [6.07, 6.45) is 8.08. The summed E-state index contributed by atoms with van der Waals surface area (Å²) in [4.78, 5) is 9.74. The molecule has 4 saturated carbocycles. The van der Waals surface area contributed by atoms with Gasteiger partial charge in [0.2, 0.25) is 0 Å². The van der Waals surface area contributed by atoms with E-state index in [4.69, 9.17) is 15.7 Å². The van der Waals surface area contributed by atoms with Crippen LogP contribution in [0.2, 0.25) is 0 Å². The average molecular weight is 285 g/mol. The van der Waals surface area contributed by atoms with E-state index in [1.165, 1.54) is 38.5 Å². The normalized spacial score (nSPS) is 44.3. The van der Waals surface area contributed by atoms with Gasteiger partial charge < -0.3 is 5.73 Å². The first-order valence-electron chi connectivity index (χ1n) is 8.39. The Balaban J connectivity index is 1.82. The molecule has 0 aromatic carbocycles. The van der Waals surface area contributed by atoms with Crippen molar-refractivity contribution in [1.29, 1.82) is 0 Å². The highest BCUT2D eigenvalue weighted by Gasteiger charge is 2.61. The molecule has 4 aliphatic carbocycles. The summed E-state index contributed by atoms with van der Waals surface area (Å²) >= 11 is 0. The quantitative estimate of drug-likeness (QED) is 0.905. The van der Waals surface area contributed by atoms with E-state index in [0.29, 0.717) is 17.4 Å². The molecule has 0 spiro atoms. The number of hydrogen-bond acceptors (Lipinski definition) is 3. The number of aromatic nitrogens is 2. The van der Waals surface area contributed by atoms with Gasteiger partial charge in [0.15, 0.2) is 0 Å². The van der Waals surface area contributed by atoms with Crippen molar-refractivity contribution in [2.45, 2.75) is 71.3 Å². The molecule has 1 heterocycles. The van der Waals surface area contributed by atoms with Crippen LogP contribution in [0.25, 0.3) is 0 Å². The average Bonchev–Trinajstić information content (AvgIpc) is 2.33. The first-order chi connectivity index (χ1) is 9.84. The van der Waals surface area contributed by atoms with Crippen LogP contribution in [0.15, 0.2) is 6.07 Å². The molecule has 0 saturated heterocycles. The van der Waals surface area contributed by atoms with E-state index in [2.05, 4.69) is 20.8 Å². The highest BCUT2D eigenvalue weighted by atomic mass is 14.9. The van der Waals surface area contributed by atoms with Crippen LogP contribution in [0, 0.1) is 23.7 Å². The largest absolute Gasteiger partial charge is 0.325 e. The van der Waals surface area contributed by atoms with E-state index >= 15 is 0 Å². The Bertz CT molecular complexity index is 576. The smallest absolute Gasteiger partial charge is 0.135 e. The molecule has 2 atom stereocenters. The lowest BCUT2D eigenvalue weighted by atomic mass is 9.40. The molecule has 4 aliphatic rings. The van der Waals surface area contributed by atoms with E-state index in [1.807, 2.05) is 6.07 Å². The Labute approximate surface area is 127 Å². The van der Waals surface area contributed by atoms with Crippen molar-refractivity contribution in [2.24, 2.45) is 22.5 Å². The zero-order valence-electron chi connectivity index (χ0n) is 13.6. The minimum Gasteiger partial charge on any atom is -0.325 e. The van der Waals surface area contributed by atoms with E-state index < -0.39 is 0 Å². The van der Waals surface area contributed by atoms with E-state index in [9.17, 15) is 0 Å². The molecule has 5 rings (SSSR count). The number of rotatable bonds is 2. The summed E-state index contributed by atoms with van der Waals surface area (Å²) in [6.45, 7) is 7.60. The van der Waals surface area contributed by atoms with Gasteiger partial charge in [-0.2, -0.15) is 0 Å². The summed E-state index contributed by atoms with van der Waals surface area (Å²) in [5, 5.41) is 0. The molecular formula is C18H27N3. The molecule has 21 heavy (non-hydrogen) atoms. The van der Waals surface area contributed by atoms with Gasteiger partial charge in [0.1, 0.15) is 5.82 Å². The molecule has 114 valence electrons. The molecule has 0 radical (unpaired) electrons. The van der Waals surface area contributed by atoms with Crippen LogP contribution in [-0.2, 0) is 12.0 Å². The monoisotopic (exact) mass is 285 g/mol. The lowest BCUT2D eigenvalue weighted by Crippen LogP contribution is -2.57. The molecule has 3 heteroatoms. The lowest BCUT2D eigenvalue weighted by molar-refractivity contribution is -0.112. The maximum Gasteiger partial charge on any atom is 0.135 e. The van der Waals surface area contributed by atoms with Crippen LogP contribution >= 0.6 is 0 Å². The second kappa shape index (κ2) is 4.07. The molecule has 2 unspecified atom stereocenters. The Morgan fingerprint density at radius 1 is 1.10 bits per heavy atom. The van der Waals surface area contributed by atoms with Crippen molar-refractivity contribution < 1.29 is 0 Å². The molecule has 4 fully saturated rings. The van der Waals surface area contributed by atoms with E-state index in [-0.39, 0.29) is 5.41 Å². The number of nitrogens with zero attached hydrogens (tertiary/aromatic N) is 2. The topological polar surface area (TPSA) is 51.8 Å². The van der Waals surface area contributed by atoms with Crippen LogP contribution in [0.4, 0.5) is 0 Å². The zero-order chi connectivity index (χ0) is 14.9. The number of aryl methyl sites for hydroxylation is 1. The Morgan fingerprint density at radius 2 is 1.76 bits per heavy atom. The highest BCUT2D eigenvalue weighted by Crippen LogP contribution is 2.69. The SMILES string of the molecule is Cc1cc(CN)nc(C23CC4CC(C)(CC(C)(C4)C2)C3)n1. The molecule has 2 N–H and O–H groups in total. The Hall–Kier alpha value is -0.960. The van der Waals surface area contributed by atoms with Crippen molar-refractivity contribution in [3.63, 3.8) is 0 Å². The summed E-state index contributed by atoms with van der Waals surface area (Å²) in [7, 11) is 0. The van der Waals surface area contributed by atoms with Gasteiger partial charge in [-0.05, 0) is 68.3 Å². The van der Waals surface area contributed by atoms with Gasteiger partial charge in [-0.1, -0.05) is 13.8 Å². The predicted octanol–water partition coefficient (Wildman–Crippen LogP) is 3.49. The van der Waals surface area contributed by atoms with Crippen molar-refractivity contribution >= 4 is 0 Å². The van der Waals surface area contributed by atoms with Gasteiger partial charge >= 0.3 is 0 Å². The third-order valence-corrected chi connectivity index (χ3v) is 6.22. The number of nitrogens with two attached hydrogens (primary N) is 1. The maximum absolute atomic E-state index is 5.84. The van der Waals surface area contributed by atoms with Crippen molar-refractivity contribution in [3.8, 4) is 0 Å². The highest BCUT2D eigenvalue weighted by molar-refractivity contribution is 5.24. The van der Waals surface area contributed by atoms with Crippen LogP contribution in [0.5, 0.6) is 0 Å². The van der Waals surface area contributed by atoms with Crippen molar-refractivity contribution in [1.82, 2.24) is 9.97 Å². The molecule has 0 amide bonds. The maximum atomic E-state index is 5.84. The minimum absolute atomic E-state index is 0.221. The van der Waals surface area contributed by atoms with Crippen molar-refractivity contribution in [2.75, 3.05) is 0 Å². The molecule has 4 bridgehead atoms. The van der Waals surface area contributed by atoms with Gasteiger partial charge in [-0.3, -0.25) is 0 Å². The fourth-order valence-corrected chi connectivity index (χ4v) is 6.67. The first kappa shape index (κ1) is 13.7. The summed E-state index contributed by atoms with van der Waals surface area (Å²) < 4.78 is 0. The summed E-state index contributed by atoms with van der Waals surface area (Å²) in [6, 6.07) is 2.04. The lowest BCUT2D eigenvalue weighted by Gasteiger charge is -2.64. The molecular weight excluding hydrogens is 258 g/mol. The zero-order valence-corrected chi connectivity index (χ0v) is 13.6. The van der Waals surface area contributed by atoms with E-state index in [0.717, 1.165) is 23.1 Å². The predicted molar refractivity (Wildman–Crippen MR) is 83.7 cm³/mol. The molecule has 3 nitrogen and oxygen atoms in total. The Morgan fingerprint density at radius 3 is 2.33 bits per heavy atom. The first-order valence-corrected chi connectivity index (χ1v) is 8.39. The number of hydrogen-bond donors (Lipinski definition) is 1. The minimum atomic E-state index is 0.221. The molecule has 1 aromatic rings. The fraction of sp³-hybridized carbons (Fsp3) is 0.778. The van der Waals surface area contributed by atoms with Crippen LogP contribution in [0.3, 0.4) is 0 Å². The summed E-state index contributed by atoms with van der Waals surface area (Å²) in [5.74, 6) is 1.98.